The molecule has 1 heterocycles. The van der Waals surface area contributed by atoms with E-state index in [4.69, 9.17) is 16.3 Å². The average molecular weight is 403 g/mol. The summed E-state index contributed by atoms with van der Waals surface area (Å²) in [6.45, 7) is 4.12. The smallest absolute Gasteiger partial charge is 0.271 e. The van der Waals surface area contributed by atoms with Crippen LogP contribution in [0.5, 0.6) is 5.75 Å². The van der Waals surface area contributed by atoms with Crippen molar-refractivity contribution >= 4 is 28.8 Å². The summed E-state index contributed by atoms with van der Waals surface area (Å²) in [4.78, 5) is 16.1. The lowest BCUT2D eigenvalue weighted by molar-refractivity contribution is 0.0954. The topological polar surface area (TPSA) is 51.2 Å². The number of thiazole rings is 1. The number of nitrogens with one attached hydrogen (secondary N) is 1. The molecule has 0 saturated carbocycles. The van der Waals surface area contributed by atoms with Crippen LogP contribution in [0.2, 0.25) is 5.02 Å². The first-order valence-corrected chi connectivity index (χ1v) is 9.35. The van der Waals surface area contributed by atoms with E-state index in [-0.39, 0.29) is 18.2 Å². The monoisotopic (exact) mass is 402 g/mol. The van der Waals surface area contributed by atoms with Gasteiger partial charge in [-0.25, -0.2) is 9.37 Å². The molecule has 0 bridgehead atoms. The summed E-state index contributed by atoms with van der Waals surface area (Å²) in [7, 11) is 0. The summed E-state index contributed by atoms with van der Waals surface area (Å²) in [6, 6.07) is 11.9. The second-order valence-corrected chi connectivity index (χ2v) is 6.82. The molecule has 0 fully saturated rings. The minimum Gasteiger partial charge on any atom is -0.489 e. The zero-order valence-electron chi connectivity index (χ0n) is 14.2. The Bertz CT molecular complexity index is 974. The lowest BCUT2D eigenvalue weighted by atomic mass is 10.2. The van der Waals surface area contributed by atoms with Crippen molar-refractivity contribution in [2.24, 2.45) is 0 Å². The fourth-order valence-corrected chi connectivity index (χ4v) is 3.31. The highest BCUT2D eigenvalue weighted by molar-refractivity contribution is 7.13. The number of carbonyl (C=O) groups is 1. The molecule has 0 aliphatic rings. The second-order valence-electron chi connectivity index (χ2n) is 5.56. The van der Waals surface area contributed by atoms with E-state index in [2.05, 4.69) is 16.9 Å². The molecule has 7 heteroatoms. The van der Waals surface area contributed by atoms with Gasteiger partial charge in [0.15, 0.2) is 0 Å². The summed E-state index contributed by atoms with van der Waals surface area (Å²) in [5, 5.41) is 5.25. The van der Waals surface area contributed by atoms with Crippen LogP contribution < -0.4 is 10.1 Å². The van der Waals surface area contributed by atoms with E-state index in [9.17, 15) is 9.18 Å². The van der Waals surface area contributed by atoms with Gasteiger partial charge in [-0.3, -0.25) is 4.79 Å². The Balaban J connectivity index is 1.71. The van der Waals surface area contributed by atoms with Crippen molar-refractivity contribution in [3.8, 4) is 16.3 Å². The first kappa shape index (κ1) is 19.1. The van der Waals surface area contributed by atoms with Gasteiger partial charge in [0.2, 0.25) is 0 Å². The molecule has 0 aliphatic carbocycles. The molecule has 0 unspecified atom stereocenters. The number of amides is 1. The minimum absolute atomic E-state index is 0.239. The molecule has 0 spiro atoms. The molecule has 0 radical (unpaired) electrons. The van der Waals surface area contributed by atoms with Crippen molar-refractivity contribution < 1.29 is 13.9 Å². The van der Waals surface area contributed by atoms with Crippen molar-refractivity contribution in [3.05, 3.63) is 82.6 Å². The van der Waals surface area contributed by atoms with Crippen LogP contribution >= 0.6 is 22.9 Å². The molecule has 2 aromatic carbocycles. The molecule has 0 aliphatic heterocycles. The summed E-state index contributed by atoms with van der Waals surface area (Å²) >= 11 is 7.29. The molecule has 1 aromatic heterocycles. The minimum atomic E-state index is -0.473. The first-order chi connectivity index (χ1) is 13.1. The maximum absolute atomic E-state index is 14.5. The SMILES string of the molecule is C=CCNC(=O)c1csc(-c2ccc(OCc3ccccc3Cl)cc2F)n1. The highest BCUT2D eigenvalue weighted by atomic mass is 35.5. The fourth-order valence-electron chi connectivity index (χ4n) is 2.29. The largest absolute Gasteiger partial charge is 0.489 e. The van der Waals surface area contributed by atoms with Crippen LogP contribution in [0.1, 0.15) is 16.1 Å². The number of benzene rings is 2. The van der Waals surface area contributed by atoms with Gasteiger partial charge in [-0.15, -0.1) is 17.9 Å². The molecule has 1 amide bonds. The number of hydrogen-bond acceptors (Lipinski definition) is 4. The lowest BCUT2D eigenvalue weighted by Gasteiger charge is -2.09. The van der Waals surface area contributed by atoms with Crippen LogP contribution in [0.3, 0.4) is 0 Å². The zero-order valence-corrected chi connectivity index (χ0v) is 15.8. The third-order valence-electron chi connectivity index (χ3n) is 3.67. The Kier molecular flexibility index (Phi) is 6.21. The van der Waals surface area contributed by atoms with Crippen molar-refractivity contribution in [2.75, 3.05) is 6.54 Å². The highest BCUT2D eigenvalue weighted by Crippen LogP contribution is 2.29. The predicted octanol–water partition coefficient (Wildman–Crippen LogP) is 5.10. The number of halogens is 2. The van der Waals surface area contributed by atoms with Gasteiger partial charge >= 0.3 is 0 Å². The Morgan fingerprint density at radius 3 is 2.89 bits per heavy atom. The van der Waals surface area contributed by atoms with E-state index in [0.717, 1.165) is 5.56 Å². The normalized spacial score (nSPS) is 10.4. The number of aromatic nitrogens is 1. The van der Waals surface area contributed by atoms with Gasteiger partial charge in [-0.2, -0.15) is 0 Å². The lowest BCUT2D eigenvalue weighted by Crippen LogP contribution is -2.23. The zero-order chi connectivity index (χ0) is 19.2. The standard InChI is InChI=1S/C20H16ClFN2O2S/c1-2-9-23-19(25)18-12-27-20(24-18)15-8-7-14(10-17(15)22)26-11-13-5-3-4-6-16(13)21/h2-8,10,12H,1,9,11H2,(H,23,25). The van der Waals surface area contributed by atoms with E-state index in [1.54, 1.807) is 29.7 Å². The third kappa shape index (κ3) is 4.72. The second kappa shape index (κ2) is 8.79. The molecule has 27 heavy (non-hydrogen) atoms. The van der Waals surface area contributed by atoms with E-state index < -0.39 is 5.82 Å². The van der Waals surface area contributed by atoms with Gasteiger partial charge < -0.3 is 10.1 Å². The van der Waals surface area contributed by atoms with E-state index in [1.807, 2.05) is 18.2 Å². The summed E-state index contributed by atoms with van der Waals surface area (Å²) in [5.41, 5.74) is 1.38. The quantitative estimate of drug-likeness (QED) is 0.559. The number of hydrogen-bond donors (Lipinski definition) is 1. The summed E-state index contributed by atoms with van der Waals surface area (Å²) in [6.07, 6.45) is 1.58. The summed E-state index contributed by atoms with van der Waals surface area (Å²) < 4.78 is 20.1. The molecule has 0 saturated heterocycles. The number of rotatable bonds is 7. The van der Waals surface area contributed by atoms with E-state index in [1.165, 1.54) is 17.4 Å². The molecule has 3 rings (SSSR count). The Morgan fingerprint density at radius 2 is 2.15 bits per heavy atom. The van der Waals surface area contributed by atoms with Crippen LogP contribution in [0.25, 0.3) is 10.6 Å². The molecule has 3 aromatic rings. The van der Waals surface area contributed by atoms with Gasteiger partial charge in [0.05, 0.1) is 0 Å². The van der Waals surface area contributed by atoms with Gasteiger partial charge in [0.1, 0.15) is 28.9 Å². The van der Waals surface area contributed by atoms with Gasteiger partial charge in [0.25, 0.3) is 5.91 Å². The molecule has 4 nitrogen and oxygen atoms in total. The van der Waals surface area contributed by atoms with E-state index in [0.29, 0.717) is 27.9 Å². The number of ether oxygens (including phenoxy) is 1. The van der Waals surface area contributed by atoms with Crippen LogP contribution in [0.4, 0.5) is 4.39 Å². The van der Waals surface area contributed by atoms with Crippen molar-refractivity contribution in [1.82, 2.24) is 10.3 Å². The molecule has 138 valence electrons. The van der Waals surface area contributed by atoms with Gasteiger partial charge in [-0.1, -0.05) is 35.9 Å². The van der Waals surface area contributed by atoms with E-state index >= 15 is 0 Å². The molecular formula is C20H16ClFN2O2S. The van der Waals surface area contributed by atoms with Crippen LogP contribution in [-0.4, -0.2) is 17.4 Å². The molecule has 0 atom stereocenters. The molecular weight excluding hydrogens is 387 g/mol. The number of nitrogens with zero attached hydrogens (tertiary/aromatic N) is 1. The maximum atomic E-state index is 14.5. The Hall–Kier alpha value is -2.70. The third-order valence-corrected chi connectivity index (χ3v) is 4.91. The van der Waals surface area contributed by atoms with Crippen molar-refractivity contribution in [2.45, 2.75) is 6.61 Å². The Morgan fingerprint density at radius 1 is 1.33 bits per heavy atom. The highest BCUT2D eigenvalue weighted by Gasteiger charge is 2.14. The average Bonchev–Trinajstić information content (AvgIpc) is 3.15. The van der Waals surface area contributed by atoms with Crippen LogP contribution in [0.15, 0.2) is 60.5 Å². The van der Waals surface area contributed by atoms with Crippen LogP contribution in [0, 0.1) is 5.82 Å². The summed E-state index contributed by atoms with van der Waals surface area (Å²) in [5.74, 6) is -0.409. The predicted molar refractivity (Wildman–Crippen MR) is 106 cm³/mol. The first-order valence-electron chi connectivity index (χ1n) is 8.09. The maximum Gasteiger partial charge on any atom is 0.271 e. The Labute approximate surface area is 165 Å². The van der Waals surface area contributed by atoms with Gasteiger partial charge in [-0.05, 0) is 18.2 Å². The van der Waals surface area contributed by atoms with Crippen molar-refractivity contribution in [3.63, 3.8) is 0 Å². The fraction of sp³-hybridized carbons (Fsp3) is 0.100. The van der Waals surface area contributed by atoms with Gasteiger partial charge in [0, 0.05) is 34.1 Å². The number of carbonyl (C=O) groups excluding carboxylic acids is 1. The van der Waals surface area contributed by atoms with Crippen LogP contribution in [-0.2, 0) is 6.61 Å². The molecule has 1 N–H and O–H groups in total. The van der Waals surface area contributed by atoms with Crippen molar-refractivity contribution in [1.29, 1.82) is 0 Å².